The summed E-state index contributed by atoms with van der Waals surface area (Å²) in [6.45, 7) is 0. The van der Waals surface area contributed by atoms with E-state index in [1.54, 1.807) is 0 Å². The smallest absolute Gasteiger partial charge is 0.0977 e. The summed E-state index contributed by atoms with van der Waals surface area (Å²) in [7, 11) is 0. The quantitative estimate of drug-likeness (QED) is 0.500. The highest BCUT2D eigenvalue weighted by Gasteiger charge is 2.06. The molecule has 0 spiro atoms. The summed E-state index contributed by atoms with van der Waals surface area (Å²) in [5, 5.41) is 4.62. The Morgan fingerprint density at radius 2 is 1.32 bits per heavy atom. The summed E-state index contributed by atoms with van der Waals surface area (Å²) in [5.74, 6) is 0. The normalized spacial score (nSPS) is 10.0. The van der Waals surface area contributed by atoms with Gasteiger partial charge in [-0.1, -0.05) is 82.7 Å². The van der Waals surface area contributed by atoms with Gasteiger partial charge in [0.1, 0.15) is 0 Å². The van der Waals surface area contributed by atoms with Gasteiger partial charge in [0, 0.05) is 15.6 Å². The molecular weight excluding hydrogens is 336 g/mol. The Bertz CT molecular complexity index is 726. The maximum atomic E-state index is 4.62. The summed E-state index contributed by atoms with van der Waals surface area (Å²) >= 11 is 3.47. The summed E-state index contributed by atoms with van der Waals surface area (Å²) in [6, 6.07) is 28.3. The zero-order chi connectivity index (χ0) is 15.2. The zero-order valence-electron chi connectivity index (χ0n) is 11.9. The molecule has 3 rings (SSSR count). The fraction of sp³-hybridized carbons (Fsp3) is 0. The third-order valence-corrected chi connectivity index (χ3v) is 3.71. The van der Waals surface area contributed by atoms with Crippen LogP contribution in [0.5, 0.6) is 0 Å². The maximum Gasteiger partial charge on any atom is 0.0977 e. The van der Waals surface area contributed by atoms with Crippen molar-refractivity contribution in [3.63, 3.8) is 0 Å². The Kier molecular flexibility index (Phi) is 4.66. The van der Waals surface area contributed by atoms with Gasteiger partial charge < -0.3 is 0 Å². The van der Waals surface area contributed by atoms with E-state index >= 15 is 0 Å². The lowest BCUT2D eigenvalue weighted by Gasteiger charge is -2.08. The molecule has 2 nitrogen and oxygen atoms in total. The van der Waals surface area contributed by atoms with E-state index in [9.17, 15) is 0 Å². The van der Waals surface area contributed by atoms with Crippen molar-refractivity contribution in [2.75, 3.05) is 5.43 Å². The van der Waals surface area contributed by atoms with E-state index in [0.29, 0.717) is 0 Å². The molecule has 1 N–H and O–H groups in total. The highest BCUT2D eigenvalue weighted by molar-refractivity contribution is 9.10. The molecule has 0 saturated heterocycles. The molecule has 3 heteroatoms. The van der Waals surface area contributed by atoms with Crippen LogP contribution >= 0.6 is 15.9 Å². The molecule has 0 aliphatic rings. The predicted octanol–water partition coefficient (Wildman–Crippen LogP) is 5.31. The molecule has 0 heterocycles. The van der Waals surface area contributed by atoms with Gasteiger partial charge in [0.25, 0.3) is 0 Å². The number of nitrogens with one attached hydrogen (secondary N) is 1. The highest BCUT2D eigenvalue weighted by Crippen LogP contribution is 2.17. The number of hydrazone groups is 1. The lowest BCUT2D eigenvalue weighted by atomic mass is 10.0. The van der Waals surface area contributed by atoms with Crippen molar-refractivity contribution in [3.05, 3.63) is 101 Å². The largest absolute Gasteiger partial charge is 0.278 e. The standard InChI is InChI=1S/C19H15BrN2/c20-17-12-7-13-18(14-17)21-22-19(15-8-3-1-4-9-15)16-10-5-2-6-11-16/h1-14,21H. The average molecular weight is 351 g/mol. The minimum absolute atomic E-state index is 0.918. The average Bonchev–Trinajstić information content (AvgIpc) is 2.57. The summed E-state index contributed by atoms with van der Waals surface area (Å²) in [6.07, 6.45) is 0. The van der Waals surface area contributed by atoms with E-state index in [4.69, 9.17) is 0 Å². The molecule has 108 valence electrons. The predicted molar refractivity (Wildman–Crippen MR) is 96.3 cm³/mol. The second kappa shape index (κ2) is 7.05. The fourth-order valence-corrected chi connectivity index (χ4v) is 2.57. The van der Waals surface area contributed by atoms with Gasteiger partial charge in [0.2, 0.25) is 0 Å². The first kappa shape index (κ1) is 14.5. The molecule has 0 radical (unpaired) electrons. The summed E-state index contributed by atoms with van der Waals surface area (Å²) in [4.78, 5) is 0. The summed E-state index contributed by atoms with van der Waals surface area (Å²) in [5.41, 5.74) is 7.16. The van der Waals surface area contributed by atoms with Gasteiger partial charge in [0.05, 0.1) is 11.4 Å². The van der Waals surface area contributed by atoms with Crippen molar-refractivity contribution in [2.45, 2.75) is 0 Å². The van der Waals surface area contributed by atoms with Crippen molar-refractivity contribution in [1.29, 1.82) is 0 Å². The number of nitrogens with zero attached hydrogens (tertiary/aromatic N) is 1. The second-order valence-electron chi connectivity index (χ2n) is 4.81. The van der Waals surface area contributed by atoms with Gasteiger partial charge in [-0.05, 0) is 18.2 Å². The minimum Gasteiger partial charge on any atom is -0.278 e. The molecule has 0 fully saturated rings. The third-order valence-electron chi connectivity index (χ3n) is 3.22. The Morgan fingerprint density at radius 1 is 0.727 bits per heavy atom. The lowest BCUT2D eigenvalue weighted by molar-refractivity contribution is 1.32. The van der Waals surface area contributed by atoms with Crippen molar-refractivity contribution < 1.29 is 0 Å². The minimum atomic E-state index is 0.918. The topological polar surface area (TPSA) is 24.4 Å². The Morgan fingerprint density at radius 3 is 1.86 bits per heavy atom. The van der Waals surface area contributed by atoms with Crippen LogP contribution in [0.1, 0.15) is 11.1 Å². The van der Waals surface area contributed by atoms with Gasteiger partial charge in [-0.15, -0.1) is 0 Å². The molecular formula is C19H15BrN2. The number of hydrogen-bond acceptors (Lipinski definition) is 2. The molecule has 0 saturated carbocycles. The molecule has 3 aromatic rings. The van der Waals surface area contributed by atoms with Crippen LogP contribution < -0.4 is 5.43 Å². The summed E-state index contributed by atoms with van der Waals surface area (Å²) < 4.78 is 1.02. The monoisotopic (exact) mass is 350 g/mol. The van der Waals surface area contributed by atoms with Crippen molar-refractivity contribution >= 4 is 27.3 Å². The van der Waals surface area contributed by atoms with E-state index in [1.165, 1.54) is 0 Å². The van der Waals surface area contributed by atoms with E-state index < -0.39 is 0 Å². The zero-order valence-corrected chi connectivity index (χ0v) is 13.5. The van der Waals surface area contributed by atoms with Gasteiger partial charge >= 0.3 is 0 Å². The molecule has 0 aromatic heterocycles. The first-order valence-corrected chi connectivity index (χ1v) is 7.82. The SMILES string of the molecule is Brc1cccc(NN=C(c2ccccc2)c2ccccc2)c1. The van der Waals surface area contributed by atoms with Gasteiger partial charge in [-0.2, -0.15) is 5.10 Å². The highest BCUT2D eigenvalue weighted by atomic mass is 79.9. The number of benzene rings is 3. The molecule has 3 aromatic carbocycles. The van der Waals surface area contributed by atoms with Crippen molar-refractivity contribution in [3.8, 4) is 0 Å². The van der Waals surface area contributed by atoms with E-state index in [-0.39, 0.29) is 0 Å². The molecule has 0 unspecified atom stereocenters. The third kappa shape index (κ3) is 3.62. The van der Waals surface area contributed by atoms with Crippen LogP contribution in [-0.2, 0) is 0 Å². The van der Waals surface area contributed by atoms with E-state index in [1.807, 2.05) is 60.7 Å². The fourth-order valence-electron chi connectivity index (χ4n) is 2.17. The maximum absolute atomic E-state index is 4.62. The Balaban J connectivity index is 1.97. The number of rotatable bonds is 4. The Hall–Kier alpha value is -2.39. The van der Waals surface area contributed by atoms with Crippen LogP contribution in [0, 0.1) is 0 Å². The van der Waals surface area contributed by atoms with Crippen LogP contribution in [0.2, 0.25) is 0 Å². The van der Waals surface area contributed by atoms with Gasteiger partial charge in [-0.25, -0.2) is 0 Å². The van der Waals surface area contributed by atoms with Gasteiger partial charge in [0.15, 0.2) is 0 Å². The molecule has 0 atom stereocenters. The van der Waals surface area contributed by atoms with Crippen molar-refractivity contribution in [2.24, 2.45) is 5.10 Å². The van der Waals surface area contributed by atoms with Crippen LogP contribution in [-0.4, -0.2) is 5.71 Å². The van der Waals surface area contributed by atoms with E-state index in [2.05, 4.69) is 50.7 Å². The Labute approximate surface area is 138 Å². The molecule has 0 amide bonds. The second-order valence-corrected chi connectivity index (χ2v) is 5.73. The number of hydrogen-bond donors (Lipinski definition) is 1. The van der Waals surface area contributed by atoms with Crippen LogP contribution in [0.25, 0.3) is 0 Å². The molecule has 0 bridgehead atoms. The van der Waals surface area contributed by atoms with Crippen LogP contribution in [0.4, 0.5) is 5.69 Å². The van der Waals surface area contributed by atoms with E-state index in [0.717, 1.165) is 27.0 Å². The molecule has 0 aliphatic carbocycles. The number of halogens is 1. The molecule has 0 aliphatic heterocycles. The van der Waals surface area contributed by atoms with Gasteiger partial charge in [-0.3, -0.25) is 5.43 Å². The molecule has 22 heavy (non-hydrogen) atoms. The first-order valence-electron chi connectivity index (χ1n) is 7.03. The first-order chi connectivity index (χ1) is 10.8. The lowest BCUT2D eigenvalue weighted by Crippen LogP contribution is -2.06. The van der Waals surface area contributed by atoms with Crippen LogP contribution in [0.3, 0.4) is 0 Å². The van der Waals surface area contributed by atoms with Crippen molar-refractivity contribution in [1.82, 2.24) is 0 Å². The van der Waals surface area contributed by atoms with Crippen LogP contribution in [0.15, 0.2) is 94.5 Å². The number of anilines is 1.